The van der Waals surface area contributed by atoms with Gasteiger partial charge < -0.3 is 14.6 Å². The van der Waals surface area contributed by atoms with Crippen LogP contribution in [0, 0.1) is 45.3 Å². The smallest absolute Gasteiger partial charge is 0.317 e. The van der Waals surface area contributed by atoms with Crippen molar-refractivity contribution in [2.45, 2.75) is 78.7 Å². The van der Waals surface area contributed by atoms with Crippen LogP contribution in [0.2, 0.25) is 0 Å². The number of esters is 2. The first-order chi connectivity index (χ1) is 14.0. The fraction of sp³-hybridized carbons (Fsp3) is 0.875. The van der Waals surface area contributed by atoms with Crippen molar-refractivity contribution in [3.05, 3.63) is 0 Å². The van der Waals surface area contributed by atoms with Crippen LogP contribution in [0.5, 0.6) is 0 Å². The third-order valence-electron chi connectivity index (χ3n) is 10.5. The molecule has 0 unspecified atom stereocenters. The van der Waals surface area contributed by atoms with E-state index >= 15 is 0 Å². The Kier molecular flexibility index (Phi) is 4.07. The number of carboxylic acid groups (broad SMARTS) is 1. The molecule has 4 bridgehead atoms. The Morgan fingerprint density at radius 3 is 2.27 bits per heavy atom. The highest BCUT2D eigenvalue weighted by Crippen LogP contribution is 2.85. The van der Waals surface area contributed by atoms with E-state index in [2.05, 4.69) is 13.8 Å². The molecule has 0 saturated heterocycles. The molecule has 6 saturated carbocycles. The second-order valence-corrected chi connectivity index (χ2v) is 11.6. The van der Waals surface area contributed by atoms with Crippen LogP contribution >= 0.6 is 0 Å². The maximum absolute atomic E-state index is 12.9. The lowest BCUT2D eigenvalue weighted by Gasteiger charge is -2.66. The first kappa shape index (κ1) is 20.3. The minimum Gasteiger partial charge on any atom is -0.481 e. The zero-order valence-corrected chi connectivity index (χ0v) is 18.5. The number of carboxylic acids is 1. The van der Waals surface area contributed by atoms with Crippen molar-refractivity contribution in [1.29, 1.82) is 0 Å². The molecule has 0 heterocycles. The normalized spacial score (nSPS) is 52.6. The van der Waals surface area contributed by atoms with Gasteiger partial charge in [0.05, 0.1) is 0 Å². The number of carbonyl (C=O) groups excluding carboxylic acids is 2. The van der Waals surface area contributed by atoms with Crippen molar-refractivity contribution in [3.63, 3.8) is 0 Å². The number of hydrogen-bond donors (Lipinski definition) is 1. The van der Waals surface area contributed by atoms with Gasteiger partial charge in [0.15, 0.2) is 0 Å². The van der Waals surface area contributed by atoms with Crippen LogP contribution in [0.3, 0.4) is 0 Å². The molecule has 0 aromatic rings. The van der Waals surface area contributed by atoms with E-state index in [-0.39, 0.29) is 17.9 Å². The number of ether oxygens (including phenoxy) is 2. The molecule has 6 fully saturated rings. The summed E-state index contributed by atoms with van der Waals surface area (Å²) in [7, 11) is 0. The average molecular weight is 419 g/mol. The van der Waals surface area contributed by atoms with Crippen molar-refractivity contribution < 1.29 is 29.0 Å². The molecule has 0 aliphatic heterocycles. The quantitative estimate of drug-likeness (QED) is 0.698. The Bertz CT molecular complexity index is 823. The summed E-state index contributed by atoms with van der Waals surface area (Å²) in [6.07, 6.45) is 6.25. The van der Waals surface area contributed by atoms with Crippen molar-refractivity contribution in [2.24, 2.45) is 45.3 Å². The average Bonchev–Trinajstić information content (AvgIpc) is 3.10. The van der Waals surface area contributed by atoms with Gasteiger partial charge in [-0.25, -0.2) is 0 Å². The summed E-state index contributed by atoms with van der Waals surface area (Å²) < 4.78 is 11.0. The summed E-state index contributed by atoms with van der Waals surface area (Å²) in [5.74, 6) is 0.0334. The second kappa shape index (κ2) is 6.01. The van der Waals surface area contributed by atoms with Crippen LogP contribution in [0.15, 0.2) is 0 Å². The maximum atomic E-state index is 12.9. The van der Waals surface area contributed by atoms with Crippen LogP contribution in [0.25, 0.3) is 0 Å². The molecule has 6 aliphatic rings. The third-order valence-corrected chi connectivity index (χ3v) is 10.5. The molecule has 0 aromatic carbocycles. The highest BCUT2D eigenvalue weighted by atomic mass is 16.6. The fourth-order valence-electron chi connectivity index (χ4n) is 9.46. The molecule has 166 valence electrons. The van der Waals surface area contributed by atoms with Gasteiger partial charge in [-0.2, -0.15) is 0 Å². The van der Waals surface area contributed by atoms with Crippen molar-refractivity contribution >= 4 is 17.9 Å². The summed E-state index contributed by atoms with van der Waals surface area (Å²) in [5, 5.41) is 10.5. The van der Waals surface area contributed by atoms with Gasteiger partial charge in [0.25, 0.3) is 0 Å². The topological polar surface area (TPSA) is 89.9 Å². The van der Waals surface area contributed by atoms with Gasteiger partial charge in [-0.15, -0.1) is 0 Å². The van der Waals surface area contributed by atoms with Gasteiger partial charge in [0.1, 0.15) is 18.1 Å². The monoisotopic (exact) mass is 418 g/mol. The number of rotatable bonds is 4. The lowest BCUT2D eigenvalue weighted by Crippen LogP contribution is -2.66. The second-order valence-electron chi connectivity index (χ2n) is 11.6. The fourth-order valence-corrected chi connectivity index (χ4v) is 9.46. The Hall–Kier alpha value is -1.59. The lowest BCUT2D eigenvalue weighted by atomic mass is 9.39. The Morgan fingerprint density at radius 1 is 0.967 bits per heavy atom. The van der Waals surface area contributed by atoms with Gasteiger partial charge in [0, 0.05) is 13.8 Å². The summed E-state index contributed by atoms with van der Waals surface area (Å²) in [6, 6.07) is 0. The zero-order valence-electron chi connectivity index (χ0n) is 18.5. The molecule has 6 nitrogen and oxygen atoms in total. The van der Waals surface area contributed by atoms with Gasteiger partial charge in [0.2, 0.25) is 0 Å². The standard InChI is InChI=1S/C24H34O6/c1-13(25)29-12-24(20(27)28)17-5-8-23-10-16-15(22(16,4)11-23)9-18(23)21(17,3)7-6-19(24)30-14(2)26/h15-19H,5-12H2,1-4H3,(H,27,28)/t15-,16+,17+,18+,19-,21-,22-,23+,24+/m1/s1. The van der Waals surface area contributed by atoms with E-state index in [0.29, 0.717) is 23.2 Å². The summed E-state index contributed by atoms with van der Waals surface area (Å²) >= 11 is 0. The van der Waals surface area contributed by atoms with Crippen LogP contribution in [-0.2, 0) is 23.9 Å². The molecule has 1 spiro atoms. The van der Waals surface area contributed by atoms with Gasteiger partial charge in [-0.05, 0) is 84.9 Å². The highest BCUT2D eigenvalue weighted by Gasteiger charge is 2.79. The predicted molar refractivity (Wildman–Crippen MR) is 107 cm³/mol. The van der Waals surface area contributed by atoms with Crippen molar-refractivity contribution in [1.82, 2.24) is 0 Å². The maximum Gasteiger partial charge on any atom is 0.317 e. The van der Waals surface area contributed by atoms with E-state index in [1.807, 2.05) is 0 Å². The van der Waals surface area contributed by atoms with E-state index < -0.39 is 29.4 Å². The van der Waals surface area contributed by atoms with Gasteiger partial charge >= 0.3 is 17.9 Å². The molecule has 0 aromatic heterocycles. The number of fused-ring (bicyclic) bond motifs is 1. The largest absolute Gasteiger partial charge is 0.481 e. The molecule has 6 heteroatoms. The minimum atomic E-state index is -1.38. The van der Waals surface area contributed by atoms with Crippen molar-refractivity contribution in [3.8, 4) is 0 Å². The number of carbonyl (C=O) groups is 3. The summed E-state index contributed by atoms with van der Waals surface area (Å²) in [4.78, 5) is 36.4. The zero-order chi connectivity index (χ0) is 21.7. The summed E-state index contributed by atoms with van der Waals surface area (Å²) in [5.41, 5.74) is -0.642. The molecule has 6 rings (SSSR count). The Balaban J connectivity index is 1.55. The molecule has 6 aliphatic carbocycles. The first-order valence-electron chi connectivity index (χ1n) is 11.5. The van der Waals surface area contributed by atoms with E-state index in [1.165, 1.54) is 33.1 Å². The van der Waals surface area contributed by atoms with Gasteiger partial charge in [-0.3, -0.25) is 14.4 Å². The molecule has 0 radical (unpaired) electrons. The highest BCUT2D eigenvalue weighted by molar-refractivity contribution is 5.78. The van der Waals surface area contributed by atoms with Crippen LogP contribution in [-0.4, -0.2) is 35.7 Å². The molecular formula is C24H34O6. The van der Waals surface area contributed by atoms with E-state index in [0.717, 1.165) is 31.1 Å². The van der Waals surface area contributed by atoms with E-state index in [4.69, 9.17) is 9.47 Å². The van der Waals surface area contributed by atoms with Crippen LogP contribution in [0.4, 0.5) is 0 Å². The van der Waals surface area contributed by atoms with Crippen LogP contribution in [0.1, 0.15) is 72.6 Å². The van der Waals surface area contributed by atoms with Crippen molar-refractivity contribution in [2.75, 3.05) is 6.61 Å². The first-order valence-corrected chi connectivity index (χ1v) is 11.5. The SMILES string of the molecule is CC(=O)OC[C@@]1(C(=O)O)[C@H](OC(C)=O)CC[C@@]2(C)[C@@H]3C[C@@H]4[C@@H]5C[C@@]3(CC[C@@H]21)C[C@]45C. The van der Waals surface area contributed by atoms with Crippen LogP contribution < -0.4 is 0 Å². The number of hydrogen-bond acceptors (Lipinski definition) is 5. The minimum absolute atomic E-state index is 0.137. The predicted octanol–water partition coefficient (Wildman–Crippen LogP) is 3.81. The van der Waals surface area contributed by atoms with E-state index in [9.17, 15) is 19.5 Å². The molecule has 9 atom stereocenters. The molecular weight excluding hydrogens is 384 g/mol. The Labute approximate surface area is 178 Å². The molecule has 1 N–H and O–H groups in total. The molecule has 0 amide bonds. The molecule has 30 heavy (non-hydrogen) atoms. The van der Waals surface area contributed by atoms with E-state index in [1.54, 1.807) is 0 Å². The Morgan fingerprint density at radius 2 is 1.70 bits per heavy atom. The third kappa shape index (κ3) is 2.34. The summed E-state index contributed by atoms with van der Waals surface area (Å²) in [6.45, 7) is 7.15. The number of aliphatic carboxylic acids is 1. The van der Waals surface area contributed by atoms with Gasteiger partial charge in [-0.1, -0.05) is 13.8 Å². The lowest BCUT2D eigenvalue weighted by molar-refractivity contribution is -0.230.